The zero-order valence-electron chi connectivity index (χ0n) is 23.6. The molecule has 42 heavy (non-hydrogen) atoms. The van der Waals surface area contributed by atoms with E-state index in [9.17, 15) is 17.7 Å². The van der Waals surface area contributed by atoms with Crippen LogP contribution < -0.4 is 26.0 Å². The lowest BCUT2D eigenvalue weighted by molar-refractivity contribution is -0.137. The summed E-state index contributed by atoms with van der Waals surface area (Å²) in [5.74, 6) is 1.76. The highest BCUT2D eigenvalue weighted by Crippen LogP contribution is 2.46. The average molecular weight is 622 g/mol. The number of hydrogen-bond acceptors (Lipinski definition) is 7. The number of alkyl halides is 3. The van der Waals surface area contributed by atoms with Crippen LogP contribution in [0.1, 0.15) is 54.8 Å². The number of aromatic nitrogens is 2. The van der Waals surface area contributed by atoms with Crippen LogP contribution in [-0.4, -0.2) is 49.0 Å². The summed E-state index contributed by atoms with van der Waals surface area (Å²) in [6.45, 7) is 2.24. The van der Waals surface area contributed by atoms with Crippen molar-refractivity contribution < 1.29 is 22.5 Å². The van der Waals surface area contributed by atoms with Gasteiger partial charge in [0.05, 0.1) is 30.3 Å². The van der Waals surface area contributed by atoms with Crippen molar-refractivity contribution >= 4 is 41.4 Å². The van der Waals surface area contributed by atoms with Crippen molar-refractivity contribution in [3.63, 3.8) is 0 Å². The summed E-state index contributed by atoms with van der Waals surface area (Å²) in [5, 5.41) is 11.1. The van der Waals surface area contributed by atoms with Gasteiger partial charge in [0.15, 0.2) is 0 Å². The van der Waals surface area contributed by atoms with Crippen molar-refractivity contribution in [2.24, 2.45) is 0 Å². The molecule has 0 radical (unpaired) electrons. The van der Waals surface area contributed by atoms with Crippen LogP contribution in [0.5, 0.6) is 5.75 Å². The number of anilines is 3. The molecule has 1 unspecified atom stereocenters. The molecule has 0 spiro atoms. The predicted octanol–water partition coefficient (Wildman–Crippen LogP) is 7.19. The third-order valence-electron chi connectivity index (χ3n) is 8.06. The first kappa shape index (κ1) is 30.6. The summed E-state index contributed by atoms with van der Waals surface area (Å²) < 4.78 is 59.2. The maximum absolute atomic E-state index is 13.5. The van der Waals surface area contributed by atoms with E-state index in [4.69, 9.17) is 21.3 Å². The third-order valence-corrected chi connectivity index (χ3v) is 11.5. The van der Waals surface area contributed by atoms with Crippen LogP contribution in [0.4, 0.5) is 30.5 Å². The fourth-order valence-electron chi connectivity index (χ4n) is 5.66. The molecule has 2 aliphatic rings. The number of rotatable bonds is 7. The molecule has 7 nitrogen and oxygen atoms in total. The number of benzene rings is 2. The molecule has 2 aliphatic heterocycles. The highest BCUT2D eigenvalue weighted by molar-refractivity contribution is 7.71. The van der Waals surface area contributed by atoms with Crippen molar-refractivity contribution in [3.8, 4) is 5.75 Å². The maximum Gasteiger partial charge on any atom is 0.416 e. The van der Waals surface area contributed by atoms with Gasteiger partial charge in [0.2, 0.25) is 0 Å². The van der Waals surface area contributed by atoms with E-state index < -0.39 is 18.9 Å². The Balaban J connectivity index is 1.40. The van der Waals surface area contributed by atoms with Gasteiger partial charge in [-0.3, -0.25) is 0 Å². The molecule has 1 saturated heterocycles. The number of ether oxygens (including phenoxy) is 1. The minimum atomic E-state index is -4.43. The molecule has 2 aromatic carbocycles. The summed E-state index contributed by atoms with van der Waals surface area (Å²) in [6, 6.07) is 9.09. The van der Waals surface area contributed by atoms with Crippen LogP contribution in [0.25, 0.3) is 0 Å². The first-order valence-corrected chi connectivity index (χ1v) is 16.8. The van der Waals surface area contributed by atoms with Crippen LogP contribution in [0.3, 0.4) is 0 Å². The molecule has 226 valence electrons. The lowest BCUT2D eigenvalue weighted by Gasteiger charge is -2.25. The van der Waals surface area contributed by atoms with Gasteiger partial charge in [-0.2, -0.15) is 13.2 Å². The van der Waals surface area contributed by atoms with Gasteiger partial charge in [0, 0.05) is 48.2 Å². The van der Waals surface area contributed by atoms with Crippen LogP contribution in [0, 0.1) is 0 Å². The van der Waals surface area contributed by atoms with Gasteiger partial charge >= 0.3 is 6.18 Å². The molecular weight excluding hydrogens is 586 g/mol. The van der Waals surface area contributed by atoms with E-state index in [1.54, 1.807) is 13.3 Å². The smallest absolute Gasteiger partial charge is 0.416 e. The van der Waals surface area contributed by atoms with Crippen LogP contribution in [-0.2, 0) is 17.2 Å². The third kappa shape index (κ3) is 7.21. The summed E-state index contributed by atoms with van der Waals surface area (Å²) in [5.41, 5.74) is 1.23. The molecule has 3 N–H and O–H groups in total. The Kier molecular flexibility index (Phi) is 9.65. The topological polar surface area (TPSA) is 88.2 Å². The highest BCUT2D eigenvalue weighted by atomic mass is 35.5. The molecular formula is C30H36ClF3N5O2P. The quantitative estimate of drug-likeness (QED) is 0.241. The molecule has 0 amide bonds. The number of hydrogen-bond donors (Lipinski definition) is 3. The Morgan fingerprint density at radius 2 is 1.90 bits per heavy atom. The van der Waals surface area contributed by atoms with E-state index in [0.717, 1.165) is 68.4 Å². The van der Waals surface area contributed by atoms with Crippen molar-refractivity contribution in [1.29, 1.82) is 0 Å². The summed E-state index contributed by atoms with van der Waals surface area (Å²) >= 11 is 6.31. The number of halogens is 4. The first-order chi connectivity index (χ1) is 20.2. The molecule has 5 rings (SSSR count). The van der Waals surface area contributed by atoms with E-state index >= 15 is 0 Å². The lowest BCUT2D eigenvalue weighted by atomic mass is 9.90. The van der Waals surface area contributed by atoms with E-state index in [1.165, 1.54) is 6.07 Å². The second kappa shape index (κ2) is 13.2. The molecule has 3 aromatic rings. The van der Waals surface area contributed by atoms with Gasteiger partial charge in [-0.15, -0.1) is 0 Å². The normalized spacial score (nSPS) is 19.0. The minimum Gasteiger partial charge on any atom is -0.495 e. The number of methoxy groups -OCH3 is 1. The van der Waals surface area contributed by atoms with Crippen molar-refractivity contribution in [3.05, 3.63) is 64.4 Å². The first-order valence-electron chi connectivity index (χ1n) is 14.4. The summed E-state index contributed by atoms with van der Waals surface area (Å²) in [4.78, 5) is 9.64. The number of aryl methyl sites for hydroxylation is 1. The van der Waals surface area contributed by atoms with Gasteiger partial charge < -0.3 is 25.3 Å². The average Bonchev–Trinajstić information content (AvgIpc) is 3.07. The standard InChI is InChI=1S/C30H36ClF3N5O2P/c1-41-26-18-23(42(40)15-13-35-14-16-42)9-11-25(26)38-27-19-37-29-28(39-27)20(5-3-2-4-12-36-29)6-7-21-17-22(30(32,33)34)8-10-24(21)31/h8-11,17-20,35H,2-7,12-16H2,1H3,(H,36,37)(H,38,39). The summed E-state index contributed by atoms with van der Waals surface area (Å²) in [7, 11) is -0.892. The molecule has 1 atom stereocenters. The van der Waals surface area contributed by atoms with Gasteiger partial charge in [-0.05, 0) is 67.6 Å². The van der Waals surface area contributed by atoms with E-state index in [1.807, 2.05) is 18.2 Å². The van der Waals surface area contributed by atoms with Gasteiger partial charge in [0.25, 0.3) is 0 Å². The molecule has 12 heteroatoms. The fourth-order valence-corrected chi connectivity index (χ4v) is 8.35. The molecule has 3 heterocycles. The Morgan fingerprint density at radius 1 is 1.10 bits per heavy atom. The molecule has 0 aliphatic carbocycles. The Hall–Kier alpha value is -2.81. The predicted molar refractivity (Wildman–Crippen MR) is 163 cm³/mol. The number of nitrogens with zero attached hydrogens (tertiary/aromatic N) is 2. The molecule has 0 bridgehead atoms. The minimum absolute atomic E-state index is 0.0280. The van der Waals surface area contributed by atoms with Crippen LogP contribution in [0.2, 0.25) is 5.02 Å². The monoisotopic (exact) mass is 621 g/mol. The van der Waals surface area contributed by atoms with Gasteiger partial charge in [0.1, 0.15) is 24.5 Å². The SMILES string of the molecule is COc1cc(P2(=O)CCNCC2)ccc1Nc1cnc2c(n1)C(CCc1cc(C(F)(F)F)ccc1Cl)CCCCCN2. The Bertz CT molecular complexity index is 1440. The zero-order valence-corrected chi connectivity index (χ0v) is 25.2. The van der Waals surface area contributed by atoms with Crippen molar-refractivity contribution in [2.75, 3.05) is 49.7 Å². The van der Waals surface area contributed by atoms with E-state index in [2.05, 4.69) is 20.9 Å². The van der Waals surface area contributed by atoms with E-state index in [-0.39, 0.29) is 5.92 Å². The van der Waals surface area contributed by atoms with Gasteiger partial charge in [-0.25, -0.2) is 9.97 Å². The van der Waals surface area contributed by atoms with Crippen molar-refractivity contribution in [2.45, 2.75) is 50.6 Å². The fraction of sp³-hybridized carbons (Fsp3) is 0.467. The zero-order chi connectivity index (χ0) is 29.7. The summed E-state index contributed by atoms with van der Waals surface area (Å²) in [6.07, 6.45) is 3.30. The van der Waals surface area contributed by atoms with Crippen LogP contribution >= 0.6 is 18.7 Å². The molecule has 0 saturated carbocycles. The second-order valence-corrected chi connectivity index (χ2v) is 14.5. The molecule has 1 fully saturated rings. The maximum atomic E-state index is 13.5. The van der Waals surface area contributed by atoms with E-state index in [0.29, 0.717) is 58.8 Å². The van der Waals surface area contributed by atoms with Crippen LogP contribution in [0.15, 0.2) is 42.6 Å². The Morgan fingerprint density at radius 3 is 2.67 bits per heavy atom. The molecule has 1 aromatic heterocycles. The number of fused-ring (bicyclic) bond motifs is 1. The number of nitrogens with one attached hydrogen (secondary N) is 3. The highest BCUT2D eigenvalue weighted by Gasteiger charge is 2.31. The van der Waals surface area contributed by atoms with Gasteiger partial charge in [-0.1, -0.05) is 24.4 Å². The lowest BCUT2D eigenvalue weighted by Crippen LogP contribution is -2.32. The largest absolute Gasteiger partial charge is 0.495 e. The Labute approximate surface area is 249 Å². The van der Waals surface area contributed by atoms with Crippen molar-refractivity contribution in [1.82, 2.24) is 15.3 Å². The second-order valence-electron chi connectivity index (χ2n) is 10.9.